The number of hydrogen-bond donors (Lipinski definition) is 0. The van der Waals surface area contributed by atoms with E-state index < -0.39 is 11.0 Å². The lowest BCUT2D eigenvalue weighted by molar-refractivity contribution is -0.384. The maximum atomic E-state index is 10.7. The molecule has 0 spiro atoms. The van der Waals surface area contributed by atoms with Crippen LogP contribution in [-0.4, -0.2) is 11.2 Å². The van der Waals surface area contributed by atoms with Gasteiger partial charge in [-0.25, -0.2) is 0 Å². The number of fused-ring (bicyclic) bond motifs is 1. The Morgan fingerprint density at radius 2 is 2.20 bits per heavy atom. The Balaban J connectivity index is 2.51. The Morgan fingerprint density at radius 3 is 2.80 bits per heavy atom. The SMILES string of the molecule is O=CC1OC(Br)c2ccc([N+](=O)[O-])cc21. The fraction of sp³-hybridized carbons (Fsp3) is 0.222. The van der Waals surface area contributed by atoms with Gasteiger partial charge in [0.2, 0.25) is 0 Å². The van der Waals surface area contributed by atoms with Crippen molar-refractivity contribution in [2.24, 2.45) is 0 Å². The molecule has 15 heavy (non-hydrogen) atoms. The molecule has 0 radical (unpaired) electrons. The van der Waals surface area contributed by atoms with Crippen LogP contribution in [0.1, 0.15) is 22.2 Å². The van der Waals surface area contributed by atoms with E-state index in [1.807, 2.05) is 0 Å². The summed E-state index contributed by atoms with van der Waals surface area (Å²) in [6.45, 7) is 0. The number of rotatable bonds is 2. The van der Waals surface area contributed by atoms with Crippen LogP contribution in [0, 0.1) is 10.1 Å². The number of nitro groups is 1. The van der Waals surface area contributed by atoms with E-state index in [9.17, 15) is 14.9 Å². The van der Waals surface area contributed by atoms with Crippen molar-refractivity contribution in [1.29, 1.82) is 0 Å². The van der Waals surface area contributed by atoms with E-state index in [-0.39, 0.29) is 10.7 Å². The number of nitrogens with zero attached hydrogens (tertiary/aromatic N) is 1. The van der Waals surface area contributed by atoms with Crippen molar-refractivity contribution in [2.75, 3.05) is 0 Å². The molecule has 0 amide bonds. The van der Waals surface area contributed by atoms with E-state index in [1.54, 1.807) is 6.07 Å². The third kappa shape index (κ3) is 1.66. The standard InChI is InChI=1S/C9H6BrNO4/c10-9-6-2-1-5(11(13)14)3-7(6)8(4-12)15-9/h1-4,8-9H. The van der Waals surface area contributed by atoms with Gasteiger partial charge in [-0.15, -0.1) is 0 Å². The molecule has 1 aliphatic rings. The highest BCUT2D eigenvalue weighted by molar-refractivity contribution is 9.09. The molecular formula is C9H6BrNO4. The summed E-state index contributed by atoms with van der Waals surface area (Å²) < 4.78 is 5.24. The number of non-ortho nitro benzene ring substituents is 1. The maximum absolute atomic E-state index is 10.7. The summed E-state index contributed by atoms with van der Waals surface area (Å²) in [6, 6.07) is 4.36. The van der Waals surface area contributed by atoms with E-state index in [0.29, 0.717) is 11.8 Å². The van der Waals surface area contributed by atoms with Gasteiger partial charge < -0.3 is 9.53 Å². The Morgan fingerprint density at radius 1 is 1.47 bits per heavy atom. The minimum Gasteiger partial charge on any atom is -0.347 e. The minimum atomic E-state index is -0.718. The second-order valence-corrected chi connectivity index (χ2v) is 3.91. The van der Waals surface area contributed by atoms with Gasteiger partial charge >= 0.3 is 0 Å². The van der Waals surface area contributed by atoms with Gasteiger partial charge in [0, 0.05) is 17.7 Å². The molecule has 2 unspecified atom stereocenters. The van der Waals surface area contributed by atoms with Crippen LogP contribution >= 0.6 is 15.9 Å². The summed E-state index contributed by atoms with van der Waals surface area (Å²) >= 11 is 3.23. The zero-order chi connectivity index (χ0) is 11.0. The van der Waals surface area contributed by atoms with Crippen molar-refractivity contribution in [3.63, 3.8) is 0 Å². The lowest BCUT2D eigenvalue weighted by Gasteiger charge is -2.00. The average molecular weight is 272 g/mol. The summed E-state index contributed by atoms with van der Waals surface area (Å²) in [5.74, 6) is 0. The highest BCUT2D eigenvalue weighted by Gasteiger charge is 2.31. The molecule has 0 bridgehead atoms. The molecule has 0 aliphatic carbocycles. The third-order valence-corrected chi connectivity index (χ3v) is 2.93. The van der Waals surface area contributed by atoms with Crippen molar-refractivity contribution in [3.8, 4) is 0 Å². The number of halogens is 1. The zero-order valence-corrected chi connectivity index (χ0v) is 9.01. The van der Waals surface area contributed by atoms with Crippen molar-refractivity contribution < 1.29 is 14.5 Å². The van der Waals surface area contributed by atoms with Gasteiger partial charge in [0.25, 0.3) is 5.69 Å². The summed E-state index contributed by atoms with van der Waals surface area (Å²) in [5.41, 5.74) is 1.28. The largest absolute Gasteiger partial charge is 0.347 e. The number of carbonyl (C=O) groups excluding carboxylic acids is 1. The number of ether oxygens (including phenoxy) is 1. The van der Waals surface area contributed by atoms with Gasteiger partial charge in [0.1, 0.15) is 11.1 Å². The molecule has 0 saturated heterocycles. The fourth-order valence-corrected chi connectivity index (χ4v) is 2.16. The number of carbonyl (C=O) groups is 1. The molecule has 5 nitrogen and oxygen atoms in total. The van der Waals surface area contributed by atoms with Crippen LogP contribution in [0.5, 0.6) is 0 Å². The van der Waals surface area contributed by atoms with Gasteiger partial charge in [-0.2, -0.15) is 0 Å². The van der Waals surface area contributed by atoms with Gasteiger partial charge in [-0.1, -0.05) is 15.9 Å². The van der Waals surface area contributed by atoms with Crippen molar-refractivity contribution in [1.82, 2.24) is 0 Å². The number of hydrogen-bond acceptors (Lipinski definition) is 4. The van der Waals surface area contributed by atoms with E-state index in [2.05, 4.69) is 15.9 Å². The van der Waals surface area contributed by atoms with Crippen LogP contribution in [0.2, 0.25) is 0 Å². The lowest BCUT2D eigenvalue weighted by atomic mass is 10.1. The van der Waals surface area contributed by atoms with E-state index in [1.165, 1.54) is 12.1 Å². The molecule has 0 fully saturated rings. The van der Waals surface area contributed by atoms with Crippen LogP contribution < -0.4 is 0 Å². The summed E-state index contributed by atoms with van der Waals surface area (Å²) in [4.78, 5) is 20.7. The molecule has 78 valence electrons. The molecule has 1 aromatic carbocycles. The molecule has 1 heterocycles. The van der Waals surface area contributed by atoms with Crippen LogP contribution in [0.3, 0.4) is 0 Å². The predicted octanol–water partition coefficient (Wildman–Crippen LogP) is 2.26. The normalized spacial score (nSPS) is 23.5. The number of alkyl halides is 1. The highest BCUT2D eigenvalue weighted by Crippen LogP contribution is 2.42. The number of aldehydes is 1. The molecular weight excluding hydrogens is 266 g/mol. The lowest BCUT2D eigenvalue weighted by Crippen LogP contribution is -1.97. The van der Waals surface area contributed by atoms with Crippen LogP contribution in [0.4, 0.5) is 5.69 Å². The third-order valence-electron chi connectivity index (χ3n) is 2.22. The van der Waals surface area contributed by atoms with Gasteiger partial charge in [-0.3, -0.25) is 10.1 Å². The molecule has 2 atom stereocenters. The van der Waals surface area contributed by atoms with Crippen molar-refractivity contribution >= 4 is 27.9 Å². The first-order valence-corrected chi connectivity index (χ1v) is 5.08. The van der Waals surface area contributed by atoms with Gasteiger partial charge in [-0.05, 0) is 11.6 Å². The minimum absolute atomic E-state index is 0.0363. The number of benzene rings is 1. The molecule has 0 N–H and O–H groups in total. The molecule has 0 aromatic heterocycles. The fourth-order valence-electron chi connectivity index (χ4n) is 1.51. The summed E-state index contributed by atoms with van der Waals surface area (Å²) in [5, 5.41) is 10.2. The first-order valence-electron chi connectivity index (χ1n) is 4.16. The van der Waals surface area contributed by atoms with Crippen LogP contribution in [-0.2, 0) is 9.53 Å². The van der Waals surface area contributed by atoms with Gasteiger partial charge in [0.15, 0.2) is 6.29 Å². The molecule has 6 heteroatoms. The van der Waals surface area contributed by atoms with E-state index in [4.69, 9.17) is 4.74 Å². The zero-order valence-electron chi connectivity index (χ0n) is 7.42. The molecule has 1 aromatic rings. The average Bonchev–Trinajstić information content (AvgIpc) is 2.55. The molecule has 1 aliphatic heterocycles. The highest BCUT2D eigenvalue weighted by atomic mass is 79.9. The summed E-state index contributed by atoms with van der Waals surface area (Å²) in [6.07, 6.45) is -0.0895. The Bertz CT molecular complexity index is 434. The second-order valence-electron chi connectivity index (χ2n) is 3.08. The van der Waals surface area contributed by atoms with E-state index >= 15 is 0 Å². The summed E-state index contributed by atoms with van der Waals surface area (Å²) in [7, 11) is 0. The molecule has 0 saturated carbocycles. The first-order chi connectivity index (χ1) is 7.13. The second kappa shape index (κ2) is 3.71. The quantitative estimate of drug-likeness (QED) is 0.358. The predicted molar refractivity (Wildman–Crippen MR) is 54.7 cm³/mol. The first kappa shape index (κ1) is 10.3. The van der Waals surface area contributed by atoms with Crippen LogP contribution in [0.15, 0.2) is 18.2 Å². The number of nitro benzene ring substituents is 1. The topological polar surface area (TPSA) is 69.4 Å². The van der Waals surface area contributed by atoms with Crippen molar-refractivity contribution in [3.05, 3.63) is 39.4 Å². The smallest absolute Gasteiger partial charge is 0.269 e. The van der Waals surface area contributed by atoms with Gasteiger partial charge in [0.05, 0.1) is 4.92 Å². The van der Waals surface area contributed by atoms with Crippen molar-refractivity contribution in [2.45, 2.75) is 11.1 Å². The Hall–Kier alpha value is -1.27. The Labute approximate surface area is 93.3 Å². The van der Waals surface area contributed by atoms with Crippen LogP contribution in [0.25, 0.3) is 0 Å². The monoisotopic (exact) mass is 271 g/mol. The molecule has 2 rings (SSSR count). The maximum Gasteiger partial charge on any atom is 0.269 e. The van der Waals surface area contributed by atoms with E-state index in [0.717, 1.165) is 5.56 Å². The Kier molecular flexibility index (Phi) is 2.54.